The van der Waals surface area contributed by atoms with E-state index in [9.17, 15) is 0 Å². The van der Waals surface area contributed by atoms with Gasteiger partial charge in [0.2, 0.25) is 0 Å². The van der Waals surface area contributed by atoms with Crippen LogP contribution in [0.4, 0.5) is 0 Å². The van der Waals surface area contributed by atoms with E-state index in [0.29, 0.717) is 18.5 Å². The summed E-state index contributed by atoms with van der Waals surface area (Å²) in [5.41, 5.74) is 9.32. The van der Waals surface area contributed by atoms with E-state index in [0.717, 1.165) is 18.4 Å². The molecule has 0 radical (unpaired) electrons. The minimum Gasteiger partial charge on any atom is -0.326 e. The molecule has 0 amide bonds. The molecule has 1 heterocycles. The summed E-state index contributed by atoms with van der Waals surface area (Å²) in [6.07, 6.45) is 4.93. The van der Waals surface area contributed by atoms with E-state index in [1.54, 1.807) is 0 Å². The molecule has 0 bridgehead atoms. The van der Waals surface area contributed by atoms with Crippen molar-refractivity contribution in [3.05, 3.63) is 29.6 Å². The number of nitrogens with two attached hydrogens (primary N) is 1. The van der Waals surface area contributed by atoms with Crippen LogP contribution in [0.5, 0.6) is 0 Å². The maximum Gasteiger partial charge on any atom is 0.113 e. The fraction of sp³-hybridized carbons (Fsp3) is 0.562. The van der Waals surface area contributed by atoms with Gasteiger partial charge in [0, 0.05) is 18.5 Å². The average Bonchev–Trinajstić information content (AvgIpc) is 3.21. The van der Waals surface area contributed by atoms with Gasteiger partial charge in [0.25, 0.3) is 0 Å². The lowest BCUT2D eigenvalue weighted by Crippen LogP contribution is -2.07. The number of benzene rings is 1. The highest BCUT2D eigenvalue weighted by atomic mass is 15.1. The molecule has 2 aromatic rings. The van der Waals surface area contributed by atoms with Crippen molar-refractivity contribution in [2.75, 3.05) is 0 Å². The molecule has 3 nitrogen and oxygen atoms in total. The van der Waals surface area contributed by atoms with Crippen LogP contribution in [0.25, 0.3) is 11.0 Å². The fourth-order valence-electron chi connectivity index (χ4n) is 2.95. The van der Waals surface area contributed by atoms with Crippen molar-refractivity contribution in [3.63, 3.8) is 0 Å². The van der Waals surface area contributed by atoms with Gasteiger partial charge in [-0.3, -0.25) is 0 Å². The van der Waals surface area contributed by atoms with Crippen LogP contribution in [-0.2, 0) is 6.54 Å². The molecule has 0 unspecified atom stereocenters. The monoisotopic (exact) mass is 257 g/mol. The molecule has 2 N–H and O–H groups in total. The van der Waals surface area contributed by atoms with E-state index in [1.165, 1.54) is 29.7 Å². The maximum atomic E-state index is 5.74. The summed E-state index contributed by atoms with van der Waals surface area (Å²) in [6.45, 7) is 5.11. The fourth-order valence-corrected chi connectivity index (χ4v) is 2.95. The first-order valence-corrected chi connectivity index (χ1v) is 7.49. The Morgan fingerprint density at radius 3 is 2.63 bits per heavy atom. The summed E-state index contributed by atoms with van der Waals surface area (Å²) in [4.78, 5) is 4.93. The van der Waals surface area contributed by atoms with Crippen LogP contribution in [0.2, 0.25) is 0 Å². The summed E-state index contributed by atoms with van der Waals surface area (Å²) in [5, 5.41) is 0. The van der Waals surface area contributed by atoms with Gasteiger partial charge in [0.05, 0.1) is 11.0 Å². The van der Waals surface area contributed by atoms with Gasteiger partial charge in [-0.1, -0.05) is 19.9 Å². The first-order chi connectivity index (χ1) is 9.28. The number of aromatic nitrogens is 2. The number of fused-ring (bicyclic) bond motifs is 1. The molecule has 0 atom stereocenters. The van der Waals surface area contributed by atoms with Gasteiger partial charge in [-0.05, 0) is 43.4 Å². The van der Waals surface area contributed by atoms with E-state index in [2.05, 4.69) is 36.6 Å². The van der Waals surface area contributed by atoms with Crippen molar-refractivity contribution >= 4 is 11.0 Å². The van der Waals surface area contributed by atoms with Crippen LogP contribution in [0.1, 0.15) is 62.9 Å². The van der Waals surface area contributed by atoms with E-state index in [-0.39, 0.29) is 0 Å². The Kier molecular flexibility index (Phi) is 3.31. The lowest BCUT2D eigenvalue weighted by atomic mass is 10.0. The number of hydrogen-bond acceptors (Lipinski definition) is 2. The SMILES string of the molecule is CCC(CC)c1nc2cc(CN)ccc2n1C1CC1. The minimum absolute atomic E-state index is 0.578. The zero-order chi connectivity index (χ0) is 13.4. The molecule has 0 spiro atoms. The Bertz CT molecular complexity index is 577. The van der Waals surface area contributed by atoms with Crippen LogP contribution >= 0.6 is 0 Å². The molecule has 0 aliphatic heterocycles. The molecule has 1 aliphatic rings. The summed E-state index contributed by atoms with van der Waals surface area (Å²) >= 11 is 0. The highest BCUT2D eigenvalue weighted by molar-refractivity contribution is 5.77. The Morgan fingerprint density at radius 1 is 1.32 bits per heavy atom. The largest absolute Gasteiger partial charge is 0.326 e. The minimum atomic E-state index is 0.578. The summed E-state index contributed by atoms with van der Waals surface area (Å²) in [7, 11) is 0. The lowest BCUT2D eigenvalue weighted by molar-refractivity contribution is 0.559. The quantitative estimate of drug-likeness (QED) is 0.887. The van der Waals surface area contributed by atoms with Crippen LogP contribution in [0, 0.1) is 0 Å². The highest BCUT2D eigenvalue weighted by Crippen LogP contribution is 2.41. The second-order valence-electron chi connectivity index (χ2n) is 5.61. The molecule has 3 rings (SSSR count). The van der Waals surface area contributed by atoms with Gasteiger partial charge in [-0.25, -0.2) is 4.98 Å². The molecule has 102 valence electrons. The van der Waals surface area contributed by atoms with Crippen molar-refractivity contribution in [1.82, 2.24) is 9.55 Å². The predicted octanol–water partition coefficient (Wildman–Crippen LogP) is 3.73. The van der Waals surface area contributed by atoms with Gasteiger partial charge >= 0.3 is 0 Å². The number of imidazole rings is 1. The second-order valence-corrected chi connectivity index (χ2v) is 5.61. The zero-order valence-corrected chi connectivity index (χ0v) is 11.9. The normalized spacial score (nSPS) is 15.6. The third-order valence-electron chi connectivity index (χ3n) is 4.28. The summed E-state index contributed by atoms with van der Waals surface area (Å²) < 4.78 is 2.49. The molecule has 19 heavy (non-hydrogen) atoms. The average molecular weight is 257 g/mol. The third-order valence-corrected chi connectivity index (χ3v) is 4.28. The number of rotatable bonds is 5. The molecular weight excluding hydrogens is 234 g/mol. The summed E-state index contributed by atoms with van der Waals surface area (Å²) in [6, 6.07) is 7.18. The molecule has 1 aromatic carbocycles. The Morgan fingerprint density at radius 2 is 2.05 bits per heavy atom. The highest BCUT2D eigenvalue weighted by Gasteiger charge is 2.30. The lowest BCUT2D eigenvalue weighted by Gasteiger charge is -2.14. The standard InChI is InChI=1S/C16H23N3/c1-3-12(4-2)16-18-14-9-11(10-17)5-8-15(14)19(16)13-6-7-13/h5,8-9,12-13H,3-4,6-7,10,17H2,1-2H3. The van der Waals surface area contributed by atoms with Crippen LogP contribution < -0.4 is 5.73 Å². The van der Waals surface area contributed by atoms with Crippen molar-refractivity contribution in [2.45, 2.75) is 58.0 Å². The summed E-state index contributed by atoms with van der Waals surface area (Å²) in [5.74, 6) is 1.87. The van der Waals surface area contributed by atoms with Crippen molar-refractivity contribution in [2.24, 2.45) is 5.73 Å². The van der Waals surface area contributed by atoms with E-state index < -0.39 is 0 Å². The van der Waals surface area contributed by atoms with Gasteiger partial charge in [0.15, 0.2) is 0 Å². The zero-order valence-electron chi connectivity index (χ0n) is 11.9. The van der Waals surface area contributed by atoms with Crippen LogP contribution in [0.3, 0.4) is 0 Å². The predicted molar refractivity (Wildman–Crippen MR) is 79.2 cm³/mol. The van der Waals surface area contributed by atoms with Crippen molar-refractivity contribution in [1.29, 1.82) is 0 Å². The van der Waals surface area contributed by atoms with Crippen molar-refractivity contribution < 1.29 is 0 Å². The number of nitrogens with zero attached hydrogens (tertiary/aromatic N) is 2. The van der Waals surface area contributed by atoms with Crippen LogP contribution in [-0.4, -0.2) is 9.55 Å². The molecule has 1 saturated carbocycles. The van der Waals surface area contributed by atoms with E-state index in [1.807, 2.05) is 0 Å². The Labute approximate surface area is 114 Å². The second kappa shape index (κ2) is 4.97. The molecular formula is C16H23N3. The first kappa shape index (κ1) is 12.7. The maximum absolute atomic E-state index is 5.74. The first-order valence-electron chi connectivity index (χ1n) is 7.49. The smallest absolute Gasteiger partial charge is 0.113 e. The van der Waals surface area contributed by atoms with Gasteiger partial charge in [-0.2, -0.15) is 0 Å². The Balaban J connectivity index is 2.16. The molecule has 1 aromatic heterocycles. The number of hydrogen-bond donors (Lipinski definition) is 1. The topological polar surface area (TPSA) is 43.8 Å². The Hall–Kier alpha value is -1.35. The van der Waals surface area contributed by atoms with Crippen LogP contribution in [0.15, 0.2) is 18.2 Å². The van der Waals surface area contributed by atoms with E-state index >= 15 is 0 Å². The molecule has 1 aliphatic carbocycles. The molecule has 0 saturated heterocycles. The van der Waals surface area contributed by atoms with Gasteiger partial charge in [-0.15, -0.1) is 0 Å². The van der Waals surface area contributed by atoms with E-state index in [4.69, 9.17) is 10.7 Å². The molecule has 1 fully saturated rings. The van der Waals surface area contributed by atoms with Crippen molar-refractivity contribution in [3.8, 4) is 0 Å². The van der Waals surface area contributed by atoms with Gasteiger partial charge in [0.1, 0.15) is 5.82 Å². The molecule has 3 heteroatoms. The third kappa shape index (κ3) is 2.16. The van der Waals surface area contributed by atoms with Gasteiger partial charge < -0.3 is 10.3 Å².